The summed E-state index contributed by atoms with van der Waals surface area (Å²) in [6, 6.07) is 6.09. The lowest BCUT2D eigenvalue weighted by Crippen LogP contribution is -2.48. The summed E-state index contributed by atoms with van der Waals surface area (Å²) in [6.45, 7) is 12.9. The molecular formula is C14H25N3. The molecule has 0 bridgehead atoms. The SMILES string of the molecule is CCNC(C)(C)CN(CC)Cc1ccccn1. The summed E-state index contributed by atoms with van der Waals surface area (Å²) < 4.78 is 0. The van der Waals surface area contributed by atoms with Crippen molar-refractivity contribution >= 4 is 0 Å². The maximum Gasteiger partial charge on any atom is 0.0543 e. The van der Waals surface area contributed by atoms with Crippen molar-refractivity contribution in [1.82, 2.24) is 15.2 Å². The highest BCUT2D eigenvalue weighted by Crippen LogP contribution is 2.08. The molecule has 3 heteroatoms. The van der Waals surface area contributed by atoms with Crippen molar-refractivity contribution < 1.29 is 0 Å². The van der Waals surface area contributed by atoms with Crippen LogP contribution in [0.5, 0.6) is 0 Å². The average Bonchev–Trinajstić information content (AvgIpc) is 2.29. The van der Waals surface area contributed by atoms with E-state index in [4.69, 9.17) is 0 Å². The van der Waals surface area contributed by atoms with Gasteiger partial charge in [0.05, 0.1) is 5.69 Å². The molecule has 1 heterocycles. The van der Waals surface area contributed by atoms with E-state index in [0.29, 0.717) is 0 Å². The molecule has 1 aromatic heterocycles. The summed E-state index contributed by atoms with van der Waals surface area (Å²) in [6.07, 6.45) is 1.86. The zero-order chi connectivity index (χ0) is 12.7. The number of hydrogen-bond donors (Lipinski definition) is 1. The highest BCUT2D eigenvalue weighted by atomic mass is 15.2. The fourth-order valence-corrected chi connectivity index (χ4v) is 2.09. The summed E-state index contributed by atoms with van der Waals surface area (Å²) in [7, 11) is 0. The topological polar surface area (TPSA) is 28.2 Å². The Bertz CT molecular complexity index is 309. The summed E-state index contributed by atoms with van der Waals surface area (Å²) in [5, 5.41) is 3.51. The Labute approximate surface area is 105 Å². The van der Waals surface area contributed by atoms with E-state index in [1.54, 1.807) is 0 Å². The second kappa shape index (κ2) is 6.72. The van der Waals surface area contributed by atoms with Crippen molar-refractivity contribution in [1.29, 1.82) is 0 Å². The average molecular weight is 235 g/mol. The molecule has 0 atom stereocenters. The number of pyridine rings is 1. The first kappa shape index (κ1) is 14.1. The standard InChI is InChI=1S/C14H25N3/c1-5-16-14(3,4)12-17(6-2)11-13-9-7-8-10-15-13/h7-10,16H,5-6,11-12H2,1-4H3. The Morgan fingerprint density at radius 1 is 1.29 bits per heavy atom. The van der Waals surface area contributed by atoms with Crippen molar-refractivity contribution in [3.8, 4) is 0 Å². The van der Waals surface area contributed by atoms with Gasteiger partial charge in [-0.2, -0.15) is 0 Å². The second-order valence-corrected chi connectivity index (χ2v) is 5.04. The zero-order valence-corrected chi connectivity index (χ0v) is 11.5. The Kier molecular flexibility index (Phi) is 5.59. The van der Waals surface area contributed by atoms with Gasteiger partial charge in [-0.15, -0.1) is 0 Å². The monoisotopic (exact) mass is 235 g/mol. The molecule has 0 saturated heterocycles. The molecule has 1 rings (SSSR count). The van der Waals surface area contributed by atoms with Crippen LogP contribution in [0.4, 0.5) is 0 Å². The van der Waals surface area contributed by atoms with Crippen molar-refractivity contribution in [2.75, 3.05) is 19.6 Å². The summed E-state index contributed by atoms with van der Waals surface area (Å²) in [5.74, 6) is 0. The van der Waals surface area contributed by atoms with Gasteiger partial charge in [0.25, 0.3) is 0 Å². The molecule has 1 aromatic rings. The van der Waals surface area contributed by atoms with Crippen LogP contribution in [0.3, 0.4) is 0 Å². The zero-order valence-electron chi connectivity index (χ0n) is 11.5. The van der Waals surface area contributed by atoms with Crippen LogP contribution in [0.1, 0.15) is 33.4 Å². The van der Waals surface area contributed by atoms with E-state index in [-0.39, 0.29) is 5.54 Å². The lowest BCUT2D eigenvalue weighted by molar-refractivity contribution is 0.201. The largest absolute Gasteiger partial charge is 0.311 e. The normalized spacial score (nSPS) is 12.1. The molecule has 0 aliphatic rings. The van der Waals surface area contributed by atoms with Gasteiger partial charge < -0.3 is 5.32 Å². The fourth-order valence-electron chi connectivity index (χ4n) is 2.09. The van der Waals surface area contributed by atoms with E-state index < -0.39 is 0 Å². The third kappa shape index (κ3) is 5.29. The molecule has 17 heavy (non-hydrogen) atoms. The van der Waals surface area contributed by atoms with Crippen LogP contribution in [-0.2, 0) is 6.54 Å². The van der Waals surface area contributed by atoms with Gasteiger partial charge in [0.1, 0.15) is 0 Å². The van der Waals surface area contributed by atoms with Gasteiger partial charge in [-0.25, -0.2) is 0 Å². The van der Waals surface area contributed by atoms with E-state index in [0.717, 1.165) is 31.9 Å². The van der Waals surface area contributed by atoms with Gasteiger partial charge in [-0.05, 0) is 39.1 Å². The number of likely N-dealkylation sites (N-methyl/N-ethyl adjacent to an activating group) is 2. The molecule has 0 aliphatic carbocycles. The lowest BCUT2D eigenvalue weighted by atomic mass is 10.0. The Balaban J connectivity index is 2.55. The van der Waals surface area contributed by atoms with Crippen molar-refractivity contribution in [3.63, 3.8) is 0 Å². The molecule has 0 fully saturated rings. The predicted octanol–water partition coefficient (Wildman–Crippen LogP) is 2.29. The lowest BCUT2D eigenvalue weighted by Gasteiger charge is -2.32. The van der Waals surface area contributed by atoms with E-state index >= 15 is 0 Å². The van der Waals surface area contributed by atoms with E-state index in [2.05, 4.69) is 49.0 Å². The first-order valence-electron chi connectivity index (χ1n) is 6.44. The van der Waals surface area contributed by atoms with Crippen LogP contribution in [0.25, 0.3) is 0 Å². The fraction of sp³-hybridized carbons (Fsp3) is 0.643. The highest BCUT2D eigenvalue weighted by molar-refractivity contribution is 5.03. The predicted molar refractivity (Wildman–Crippen MR) is 72.9 cm³/mol. The minimum Gasteiger partial charge on any atom is -0.311 e. The van der Waals surface area contributed by atoms with Crippen LogP contribution in [0.2, 0.25) is 0 Å². The number of hydrogen-bond acceptors (Lipinski definition) is 3. The maximum atomic E-state index is 4.38. The first-order chi connectivity index (χ1) is 8.07. The second-order valence-electron chi connectivity index (χ2n) is 5.04. The summed E-state index contributed by atoms with van der Waals surface area (Å²) in [5.41, 5.74) is 1.29. The smallest absolute Gasteiger partial charge is 0.0543 e. The molecule has 1 N–H and O–H groups in total. The third-order valence-electron chi connectivity index (χ3n) is 2.83. The van der Waals surface area contributed by atoms with Gasteiger partial charge in [-0.1, -0.05) is 19.9 Å². The van der Waals surface area contributed by atoms with Crippen LogP contribution in [-0.4, -0.2) is 35.1 Å². The number of nitrogens with zero attached hydrogens (tertiary/aromatic N) is 2. The minimum absolute atomic E-state index is 0.152. The van der Waals surface area contributed by atoms with Gasteiger partial charge >= 0.3 is 0 Å². The van der Waals surface area contributed by atoms with E-state index in [1.165, 1.54) is 0 Å². The first-order valence-corrected chi connectivity index (χ1v) is 6.44. The van der Waals surface area contributed by atoms with Gasteiger partial charge in [-0.3, -0.25) is 9.88 Å². The number of aromatic nitrogens is 1. The molecule has 3 nitrogen and oxygen atoms in total. The molecule has 96 valence electrons. The number of rotatable bonds is 7. The third-order valence-corrected chi connectivity index (χ3v) is 2.83. The van der Waals surface area contributed by atoms with Crippen molar-refractivity contribution in [2.24, 2.45) is 0 Å². The quantitative estimate of drug-likeness (QED) is 0.786. The van der Waals surface area contributed by atoms with Crippen molar-refractivity contribution in [2.45, 2.75) is 39.8 Å². The molecular weight excluding hydrogens is 210 g/mol. The molecule has 0 saturated carbocycles. The van der Waals surface area contributed by atoms with Gasteiger partial charge in [0, 0.05) is 24.8 Å². The van der Waals surface area contributed by atoms with Crippen molar-refractivity contribution in [3.05, 3.63) is 30.1 Å². The molecule has 0 radical (unpaired) electrons. The van der Waals surface area contributed by atoms with E-state index in [9.17, 15) is 0 Å². The maximum absolute atomic E-state index is 4.38. The van der Waals surface area contributed by atoms with Crippen LogP contribution in [0, 0.1) is 0 Å². The number of nitrogens with one attached hydrogen (secondary N) is 1. The van der Waals surface area contributed by atoms with Crippen LogP contribution < -0.4 is 5.32 Å². The summed E-state index contributed by atoms with van der Waals surface area (Å²) >= 11 is 0. The van der Waals surface area contributed by atoms with Crippen LogP contribution >= 0.6 is 0 Å². The highest BCUT2D eigenvalue weighted by Gasteiger charge is 2.19. The Hall–Kier alpha value is -0.930. The van der Waals surface area contributed by atoms with Crippen LogP contribution in [0.15, 0.2) is 24.4 Å². The molecule has 0 aliphatic heterocycles. The Morgan fingerprint density at radius 2 is 2.06 bits per heavy atom. The van der Waals surface area contributed by atoms with E-state index in [1.807, 2.05) is 18.3 Å². The van der Waals surface area contributed by atoms with Gasteiger partial charge in [0.2, 0.25) is 0 Å². The molecule has 0 aromatic carbocycles. The van der Waals surface area contributed by atoms with Gasteiger partial charge in [0.15, 0.2) is 0 Å². The summed E-state index contributed by atoms with van der Waals surface area (Å²) in [4.78, 5) is 6.80. The molecule has 0 amide bonds. The Morgan fingerprint density at radius 3 is 2.59 bits per heavy atom. The molecule has 0 spiro atoms. The molecule has 0 unspecified atom stereocenters. The minimum atomic E-state index is 0.152.